The van der Waals surface area contributed by atoms with Gasteiger partial charge in [0.05, 0.1) is 18.8 Å². The third-order valence-corrected chi connectivity index (χ3v) is 3.87. The average Bonchev–Trinajstić information content (AvgIpc) is 2.51. The summed E-state index contributed by atoms with van der Waals surface area (Å²) in [6, 6.07) is -0.597. The summed E-state index contributed by atoms with van der Waals surface area (Å²) in [7, 11) is 0. The topological polar surface area (TPSA) is 78.8 Å². The Hall–Kier alpha value is -1.81. The number of aromatic nitrogens is 2. The number of anilines is 1. The summed E-state index contributed by atoms with van der Waals surface area (Å²) >= 11 is 5.87. The molecule has 1 atom stereocenters. The van der Waals surface area contributed by atoms with Crippen molar-refractivity contribution >= 4 is 23.5 Å². The first kappa shape index (κ1) is 20.5. The maximum Gasteiger partial charge on any atom is 0.434 e. The number of rotatable bonds is 2. The number of hydrogen-bond acceptors (Lipinski definition) is 6. The second-order valence-corrected chi connectivity index (χ2v) is 7.18. The Kier molecular flexibility index (Phi) is 5.86. The molecule has 1 aromatic heterocycles. The van der Waals surface area contributed by atoms with Crippen molar-refractivity contribution in [2.75, 3.05) is 31.1 Å². The van der Waals surface area contributed by atoms with Gasteiger partial charge in [-0.1, -0.05) is 11.6 Å². The van der Waals surface area contributed by atoms with Gasteiger partial charge in [0.15, 0.2) is 16.7 Å². The number of piperazine rings is 1. The summed E-state index contributed by atoms with van der Waals surface area (Å²) < 4.78 is 43.4. The number of aliphatic hydroxyl groups is 1. The van der Waals surface area contributed by atoms with Crippen LogP contribution in [-0.4, -0.2) is 64.0 Å². The average molecular weight is 397 g/mol. The van der Waals surface area contributed by atoms with E-state index >= 15 is 0 Å². The van der Waals surface area contributed by atoms with Crippen molar-refractivity contribution < 1.29 is 27.8 Å². The molecule has 2 rings (SSSR count). The number of amides is 1. The van der Waals surface area contributed by atoms with Gasteiger partial charge in [0.2, 0.25) is 0 Å². The van der Waals surface area contributed by atoms with Crippen molar-refractivity contribution in [1.82, 2.24) is 14.9 Å². The minimum atomic E-state index is -4.65. The van der Waals surface area contributed by atoms with Gasteiger partial charge in [0.1, 0.15) is 5.60 Å². The molecule has 0 bridgehead atoms. The molecule has 1 N–H and O–H groups in total. The van der Waals surface area contributed by atoms with E-state index in [1.165, 1.54) is 9.80 Å². The van der Waals surface area contributed by atoms with E-state index in [1.54, 1.807) is 20.8 Å². The number of aliphatic hydroxyl groups excluding tert-OH is 1. The van der Waals surface area contributed by atoms with Gasteiger partial charge < -0.3 is 19.6 Å². The van der Waals surface area contributed by atoms with Gasteiger partial charge in [-0.2, -0.15) is 13.2 Å². The lowest BCUT2D eigenvalue weighted by Gasteiger charge is -2.41. The van der Waals surface area contributed by atoms with Gasteiger partial charge >= 0.3 is 12.3 Å². The molecule has 2 heterocycles. The third-order valence-electron chi connectivity index (χ3n) is 3.62. The Morgan fingerprint density at radius 3 is 2.54 bits per heavy atom. The van der Waals surface area contributed by atoms with E-state index in [9.17, 15) is 23.1 Å². The van der Waals surface area contributed by atoms with E-state index in [0.29, 0.717) is 6.20 Å². The van der Waals surface area contributed by atoms with Crippen LogP contribution in [0.25, 0.3) is 0 Å². The zero-order valence-electron chi connectivity index (χ0n) is 14.5. The van der Waals surface area contributed by atoms with Crippen LogP contribution in [0.5, 0.6) is 0 Å². The largest absolute Gasteiger partial charge is 0.444 e. The molecule has 0 aliphatic carbocycles. The molecule has 7 nitrogen and oxygen atoms in total. The first-order valence-corrected chi connectivity index (χ1v) is 8.25. The van der Waals surface area contributed by atoms with Crippen molar-refractivity contribution in [3.05, 3.63) is 17.0 Å². The SMILES string of the molecule is CC(C)(C)OC(=O)N1CCN(c2ncc(C(F)(F)F)nc2Cl)[C@@H](CO)C1. The van der Waals surface area contributed by atoms with Gasteiger partial charge in [-0.05, 0) is 20.8 Å². The zero-order chi connectivity index (χ0) is 19.7. The number of ether oxygens (including phenoxy) is 1. The molecular formula is C15H20ClF3N4O3. The highest BCUT2D eigenvalue weighted by Gasteiger charge is 2.36. The molecule has 11 heteroatoms. The van der Waals surface area contributed by atoms with Crippen LogP contribution in [0.15, 0.2) is 6.20 Å². The maximum absolute atomic E-state index is 12.7. The van der Waals surface area contributed by atoms with Crippen LogP contribution in [0, 0.1) is 0 Å². The van der Waals surface area contributed by atoms with Crippen molar-refractivity contribution in [1.29, 1.82) is 0 Å². The molecule has 26 heavy (non-hydrogen) atoms. The molecular weight excluding hydrogens is 377 g/mol. The van der Waals surface area contributed by atoms with E-state index < -0.39 is 34.8 Å². The van der Waals surface area contributed by atoms with Gasteiger partial charge in [-0.15, -0.1) is 0 Å². The Bertz CT molecular complexity index is 667. The predicted octanol–water partition coefficient (Wildman–Crippen LogP) is 2.57. The number of halogens is 4. The van der Waals surface area contributed by atoms with E-state index in [4.69, 9.17) is 16.3 Å². The fraction of sp³-hybridized carbons (Fsp3) is 0.667. The molecule has 0 unspecified atom stereocenters. The predicted molar refractivity (Wildman–Crippen MR) is 88.1 cm³/mol. The smallest absolute Gasteiger partial charge is 0.434 e. The van der Waals surface area contributed by atoms with Crippen molar-refractivity contribution in [3.63, 3.8) is 0 Å². The minimum absolute atomic E-state index is 0.0301. The minimum Gasteiger partial charge on any atom is -0.444 e. The Labute approximate surface area is 153 Å². The summed E-state index contributed by atoms with van der Waals surface area (Å²) in [5.41, 5.74) is -1.86. The number of carbonyl (C=O) groups excluding carboxylic acids is 1. The zero-order valence-corrected chi connectivity index (χ0v) is 15.3. The Balaban J connectivity index is 2.16. The lowest BCUT2D eigenvalue weighted by Crippen LogP contribution is -2.57. The van der Waals surface area contributed by atoms with Gasteiger partial charge in [-0.3, -0.25) is 0 Å². The molecule has 0 radical (unpaired) electrons. The first-order valence-electron chi connectivity index (χ1n) is 7.87. The van der Waals surface area contributed by atoms with Crippen molar-refractivity contribution in [3.8, 4) is 0 Å². The summed E-state index contributed by atoms with van der Waals surface area (Å²) in [5.74, 6) is 0.0301. The first-order chi connectivity index (χ1) is 11.9. The van der Waals surface area contributed by atoms with Crippen LogP contribution in [-0.2, 0) is 10.9 Å². The molecule has 1 aromatic rings. The van der Waals surface area contributed by atoms with Crippen LogP contribution >= 0.6 is 11.6 Å². The summed E-state index contributed by atoms with van der Waals surface area (Å²) in [5, 5.41) is 9.22. The van der Waals surface area contributed by atoms with Crippen LogP contribution in [0.4, 0.5) is 23.8 Å². The van der Waals surface area contributed by atoms with Crippen molar-refractivity contribution in [2.45, 2.75) is 38.6 Å². The standard InChI is InChI=1S/C15H20ClF3N4O3/c1-14(2,3)26-13(25)22-4-5-23(9(7-22)8-24)12-11(16)21-10(6-20-12)15(17,18)19/h6,9,24H,4-5,7-8H2,1-3H3/t9-/m1/s1. The molecule has 1 amide bonds. The van der Waals surface area contributed by atoms with Crippen LogP contribution in [0.1, 0.15) is 26.5 Å². The second kappa shape index (κ2) is 7.43. The Morgan fingerprint density at radius 1 is 1.38 bits per heavy atom. The molecule has 0 aromatic carbocycles. The number of hydrogen-bond donors (Lipinski definition) is 1. The third kappa shape index (κ3) is 4.88. The molecule has 0 spiro atoms. The second-order valence-electron chi connectivity index (χ2n) is 6.82. The fourth-order valence-corrected chi connectivity index (χ4v) is 2.72. The highest BCUT2D eigenvalue weighted by Crippen LogP contribution is 2.32. The molecule has 0 saturated carbocycles. The monoisotopic (exact) mass is 396 g/mol. The normalized spacial score (nSPS) is 18.8. The number of alkyl halides is 3. The summed E-state index contributed by atoms with van der Waals surface area (Å²) in [6.07, 6.45) is -4.59. The number of nitrogens with zero attached hydrogens (tertiary/aromatic N) is 4. The van der Waals surface area contributed by atoms with Gasteiger partial charge in [-0.25, -0.2) is 14.8 Å². The van der Waals surface area contributed by atoms with Crippen LogP contribution in [0.2, 0.25) is 5.15 Å². The lowest BCUT2D eigenvalue weighted by atomic mass is 10.1. The molecule has 146 valence electrons. The van der Waals surface area contributed by atoms with E-state index in [2.05, 4.69) is 9.97 Å². The molecule has 1 fully saturated rings. The Morgan fingerprint density at radius 2 is 2.04 bits per heavy atom. The molecule has 1 saturated heterocycles. The van der Waals surface area contributed by atoms with Crippen molar-refractivity contribution in [2.24, 2.45) is 0 Å². The summed E-state index contributed by atoms with van der Waals surface area (Å²) in [6.45, 7) is 5.43. The maximum atomic E-state index is 12.7. The lowest BCUT2D eigenvalue weighted by molar-refractivity contribution is -0.141. The van der Waals surface area contributed by atoms with E-state index in [0.717, 1.165) is 0 Å². The number of carbonyl (C=O) groups is 1. The van der Waals surface area contributed by atoms with E-state index in [-0.39, 0.29) is 32.1 Å². The van der Waals surface area contributed by atoms with E-state index in [1.807, 2.05) is 0 Å². The quantitative estimate of drug-likeness (QED) is 0.827. The molecule has 1 aliphatic rings. The van der Waals surface area contributed by atoms with Crippen LogP contribution in [0.3, 0.4) is 0 Å². The van der Waals surface area contributed by atoms with Gasteiger partial charge in [0.25, 0.3) is 0 Å². The van der Waals surface area contributed by atoms with Crippen LogP contribution < -0.4 is 4.90 Å². The molecule has 1 aliphatic heterocycles. The van der Waals surface area contributed by atoms with Gasteiger partial charge in [0, 0.05) is 19.6 Å². The highest BCUT2D eigenvalue weighted by atomic mass is 35.5. The highest BCUT2D eigenvalue weighted by molar-refractivity contribution is 6.31. The summed E-state index contributed by atoms with van der Waals surface area (Å²) in [4.78, 5) is 22.2. The fourth-order valence-electron chi connectivity index (χ4n) is 2.47.